The number of hydrogen-bond donors (Lipinski definition) is 1. The summed E-state index contributed by atoms with van der Waals surface area (Å²) in [5, 5.41) is 3.67. The van der Waals surface area contributed by atoms with E-state index in [9.17, 15) is 0 Å². The zero-order chi connectivity index (χ0) is 14.5. The van der Waals surface area contributed by atoms with Crippen LogP contribution in [0.15, 0.2) is 18.2 Å². The van der Waals surface area contributed by atoms with E-state index in [1.807, 2.05) is 0 Å². The van der Waals surface area contributed by atoms with E-state index in [-0.39, 0.29) is 0 Å². The summed E-state index contributed by atoms with van der Waals surface area (Å²) in [5.41, 5.74) is 4.32. The third-order valence-corrected chi connectivity index (χ3v) is 4.64. The van der Waals surface area contributed by atoms with Crippen molar-refractivity contribution in [2.24, 2.45) is 5.92 Å². The van der Waals surface area contributed by atoms with E-state index in [1.165, 1.54) is 36.0 Å². The summed E-state index contributed by atoms with van der Waals surface area (Å²) in [5.74, 6) is 0.815. The smallest absolute Gasteiger partial charge is 0.0580 e. The Kier molecular flexibility index (Phi) is 5.62. The standard InChI is InChI=1S/C18H29NO/c1-5-19-18(12-15-10-16(11-15)20-6-2)17-9-7-8-13(3)14(17)4/h7-9,15-16,18-19H,5-6,10-12H2,1-4H3. The van der Waals surface area contributed by atoms with Gasteiger partial charge in [-0.3, -0.25) is 0 Å². The lowest BCUT2D eigenvalue weighted by Gasteiger charge is -2.37. The summed E-state index contributed by atoms with van der Waals surface area (Å²) in [7, 11) is 0. The van der Waals surface area contributed by atoms with Gasteiger partial charge in [-0.15, -0.1) is 0 Å². The highest BCUT2D eigenvalue weighted by atomic mass is 16.5. The third-order valence-electron chi connectivity index (χ3n) is 4.64. The van der Waals surface area contributed by atoms with Crippen LogP contribution in [0.1, 0.15) is 55.8 Å². The zero-order valence-corrected chi connectivity index (χ0v) is 13.4. The van der Waals surface area contributed by atoms with E-state index in [1.54, 1.807) is 0 Å². The monoisotopic (exact) mass is 275 g/mol. The molecule has 2 rings (SSSR count). The van der Waals surface area contributed by atoms with Gasteiger partial charge < -0.3 is 10.1 Å². The highest BCUT2D eigenvalue weighted by Crippen LogP contribution is 2.37. The van der Waals surface area contributed by atoms with Crippen molar-refractivity contribution in [3.8, 4) is 0 Å². The van der Waals surface area contributed by atoms with E-state index >= 15 is 0 Å². The van der Waals surface area contributed by atoms with E-state index in [0.717, 1.165) is 19.1 Å². The number of nitrogens with one attached hydrogen (secondary N) is 1. The van der Waals surface area contributed by atoms with Gasteiger partial charge >= 0.3 is 0 Å². The van der Waals surface area contributed by atoms with E-state index in [4.69, 9.17) is 4.74 Å². The number of rotatable bonds is 7. The van der Waals surface area contributed by atoms with Gasteiger partial charge in [-0.2, -0.15) is 0 Å². The molecule has 0 bridgehead atoms. The molecule has 1 N–H and O–H groups in total. The second-order valence-corrected chi connectivity index (χ2v) is 6.05. The number of hydrogen-bond acceptors (Lipinski definition) is 2. The molecule has 0 spiro atoms. The first-order valence-corrected chi connectivity index (χ1v) is 8.06. The SMILES string of the molecule is CCNC(CC1CC(OCC)C1)c1cccc(C)c1C. The maximum absolute atomic E-state index is 5.68. The van der Waals surface area contributed by atoms with Crippen molar-refractivity contribution >= 4 is 0 Å². The molecule has 0 radical (unpaired) electrons. The van der Waals surface area contributed by atoms with Gasteiger partial charge in [0.25, 0.3) is 0 Å². The van der Waals surface area contributed by atoms with Gasteiger partial charge in [-0.1, -0.05) is 25.1 Å². The van der Waals surface area contributed by atoms with Crippen molar-refractivity contribution in [3.63, 3.8) is 0 Å². The Balaban J connectivity index is 1.99. The lowest BCUT2D eigenvalue weighted by molar-refractivity contribution is -0.0291. The molecule has 1 aliphatic rings. The minimum atomic E-state index is 0.493. The molecule has 1 aliphatic carbocycles. The van der Waals surface area contributed by atoms with Crippen LogP contribution in [0.2, 0.25) is 0 Å². The van der Waals surface area contributed by atoms with Crippen LogP contribution < -0.4 is 5.32 Å². The Morgan fingerprint density at radius 1 is 1.25 bits per heavy atom. The molecule has 1 saturated carbocycles. The molecule has 1 fully saturated rings. The molecule has 2 nitrogen and oxygen atoms in total. The van der Waals surface area contributed by atoms with Crippen LogP contribution >= 0.6 is 0 Å². The predicted octanol–water partition coefficient (Wildman–Crippen LogP) is 4.16. The quantitative estimate of drug-likeness (QED) is 0.807. The summed E-state index contributed by atoms with van der Waals surface area (Å²) >= 11 is 0. The number of ether oxygens (including phenoxy) is 1. The minimum Gasteiger partial charge on any atom is -0.378 e. The number of benzene rings is 1. The molecule has 20 heavy (non-hydrogen) atoms. The van der Waals surface area contributed by atoms with Crippen molar-refractivity contribution in [3.05, 3.63) is 34.9 Å². The molecule has 0 heterocycles. The minimum absolute atomic E-state index is 0.493. The Morgan fingerprint density at radius 3 is 2.65 bits per heavy atom. The highest BCUT2D eigenvalue weighted by molar-refractivity contribution is 5.35. The molecule has 112 valence electrons. The average Bonchev–Trinajstić information content (AvgIpc) is 2.39. The Morgan fingerprint density at radius 2 is 2.00 bits per heavy atom. The fourth-order valence-corrected chi connectivity index (χ4v) is 3.29. The maximum atomic E-state index is 5.68. The lowest BCUT2D eigenvalue weighted by Crippen LogP contribution is -2.35. The predicted molar refractivity (Wildman–Crippen MR) is 85.1 cm³/mol. The molecule has 0 aromatic heterocycles. The molecule has 1 atom stereocenters. The van der Waals surface area contributed by atoms with Crippen LogP contribution in [0, 0.1) is 19.8 Å². The van der Waals surface area contributed by atoms with Gasteiger partial charge in [0.2, 0.25) is 0 Å². The second-order valence-electron chi connectivity index (χ2n) is 6.05. The fourth-order valence-electron chi connectivity index (χ4n) is 3.29. The van der Waals surface area contributed by atoms with Crippen molar-refractivity contribution in [2.45, 2.75) is 59.1 Å². The maximum Gasteiger partial charge on any atom is 0.0580 e. The fraction of sp³-hybridized carbons (Fsp3) is 0.667. The molecule has 0 aliphatic heterocycles. The van der Waals surface area contributed by atoms with Crippen LogP contribution in [0.5, 0.6) is 0 Å². The van der Waals surface area contributed by atoms with Gasteiger partial charge in [0.1, 0.15) is 0 Å². The molecule has 1 unspecified atom stereocenters. The van der Waals surface area contributed by atoms with E-state index in [0.29, 0.717) is 12.1 Å². The summed E-state index contributed by atoms with van der Waals surface area (Å²) in [4.78, 5) is 0. The molecule has 1 aromatic carbocycles. The summed E-state index contributed by atoms with van der Waals surface area (Å²) in [6.07, 6.45) is 4.23. The first kappa shape index (κ1) is 15.5. The van der Waals surface area contributed by atoms with Crippen molar-refractivity contribution in [1.29, 1.82) is 0 Å². The Bertz CT molecular complexity index is 423. The van der Waals surface area contributed by atoms with Crippen LogP contribution in [0.3, 0.4) is 0 Å². The van der Waals surface area contributed by atoms with E-state index < -0.39 is 0 Å². The first-order valence-electron chi connectivity index (χ1n) is 8.06. The highest BCUT2D eigenvalue weighted by Gasteiger charge is 2.31. The normalized spacial score (nSPS) is 23.4. The molecule has 1 aromatic rings. The number of aryl methyl sites for hydroxylation is 1. The van der Waals surface area contributed by atoms with Gasteiger partial charge in [-0.05, 0) is 69.2 Å². The van der Waals surface area contributed by atoms with E-state index in [2.05, 4.69) is 51.2 Å². The summed E-state index contributed by atoms with van der Waals surface area (Å²) < 4.78 is 5.68. The lowest BCUT2D eigenvalue weighted by atomic mass is 9.76. The summed E-state index contributed by atoms with van der Waals surface area (Å²) in [6, 6.07) is 7.17. The van der Waals surface area contributed by atoms with Gasteiger partial charge in [-0.25, -0.2) is 0 Å². The third kappa shape index (κ3) is 3.62. The molecule has 2 heteroatoms. The van der Waals surface area contributed by atoms with Crippen molar-refractivity contribution in [1.82, 2.24) is 5.32 Å². The van der Waals surface area contributed by atoms with Crippen LogP contribution in [-0.2, 0) is 4.74 Å². The Labute approximate surface area is 123 Å². The second kappa shape index (κ2) is 7.24. The largest absolute Gasteiger partial charge is 0.378 e. The molecule has 0 amide bonds. The van der Waals surface area contributed by atoms with Gasteiger partial charge in [0, 0.05) is 12.6 Å². The van der Waals surface area contributed by atoms with Crippen LogP contribution in [-0.4, -0.2) is 19.3 Å². The molecular formula is C18H29NO. The zero-order valence-electron chi connectivity index (χ0n) is 13.4. The average molecular weight is 275 g/mol. The Hall–Kier alpha value is -0.860. The molecule has 0 saturated heterocycles. The van der Waals surface area contributed by atoms with Crippen molar-refractivity contribution in [2.75, 3.05) is 13.2 Å². The first-order chi connectivity index (χ1) is 9.65. The van der Waals surface area contributed by atoms with Gasteiger partial charge in [0.15, 0.2) is 0 Å². The molecular weight excluding hydrogens is 246 g/mol. The van der Waals surface area contributed by atoms with Gasteiger partial charge in [0.05, 0.1) is 6.10 Å². The van der Waals surface area contributed by atoms with Crippen molar-refractivity contribution < 1.29 is 4.74 Å². The van der Waals surface area contributed by atoms with Crippen LogP contribution in [0.4, 0.5) is 0 Å². The summed E-state index contributed by atoms with van der Waals surface area (Å²) in [6.45, 7) is 10.6. The van der Waals surface area contributed by atoms with Crippen LogP contribution in [0.25, 0.3) is 0 Å². The topological polar surface area (TPSA) is 21.3 Å².